The molecule has 1 fully saturated rings. The van der Waals surface area contributed by atoms with E-state index in [1.165, 1.54) is 30.3 Å². The highest BCUT2D eigenvalue weighted by Gasteiger charge is 2.32. The number of β-amino-alcohol motifs (C(OH)–C–C–N with tert-alkyl or cyclic N) is 1. The van der Waals surface area contributed by atoms with Gasteiger partial charge >= 0.3 is 6.18 Å². The van der Waals surface area contributed by atoms with Crippen LogP contribution in [0.4, 0.5) is 30.2 Å². The summed E-state index contributed by atoms with van der Waals surface area (Å²) in [6.45, 7) is 7.74. The Bertz CT molecular complexity index is 1610. The average Bonchev–Trinajstić information content (AvgIpc) is 3.24. The summed E-state index contributed by atoms with van der Waals surface area (Å²) in [6.07, 6.45) is -4.12. The summed E-state index contributed by atoms with van der Waals surface area (Å²) in [5.74, 6) is 0. The van der Waals surface area contributed by atoms with Gasteiger partial charge in [0.1, 0.15) is 0 Å². The summed E-state index contributed by atoms with van der Waals surface area (Å²) in [6, 6.07) is 8.54. The first kappa shape index (κ1) is 36.3. The number of halogens is 3. The molecular weight excluding hydrogens is 635 g/mol. The van der Waals surface area contributed by atoms with E-state index in [0.29, 0.717) is 44.0 Å². The predicted octanol–water partition coefficient (Wildman–Crippen LogP) is 3.74. The van der Waals surface area contributed by atoms with Gasteiger partial charge < -0.3 is 10.0 Å². The Balaban J connectivity index is 0.000000738. The Morgan fingerprint density at radius 3 is 1.96 bits per heavy atom. The highest BCUT2D eigenvalue weighted by molar-refractivity contribution is 7.88. The number of nitrogens with one attached hydrogen (secondary N) is 1. The quantitative estimate of drug-likeness (QED) is 0.238. The molecule has 2 N–H and O–H groups in total. The van der Waals surface area contributed by atoms with Crippen LogP contribution in [0, 0.1) is 34.1 Å². The average molecular weight is 672 g/mol. The summed E-state index contributed by atoms with van der Waals surface area (Å²) in [5.41, 5.74) is 1.22. The van der Waals surface area contributed by atoms with Gasteiger partial charge in [-0.1, -0.05) is 19.1 Å². The lowest BCUT2D eigenvalue weighted by molar-refractivity contribution is -0.392. The second-order valence-electron chi connectivity index (χ2n) is 10.7. The number of nitro groups is 2. The molecule has 4 rings (SSSR count). The second-order valence-corrected chi connectivity index (χ2v) is 12.5. The van der Waals surface area contributed by atoms with Crippen molar-refractivity contribution in [3.63, 3.8) is 0 Å². The van der Waals surface area contributed by atoms with Crippen LogP contribution in [0.2, 0.25) is 0 Å². The van der Waals surface area contributed by atoms with Crippen LogP contribution >= 0.6 is 0 Å². The minimum Gasteiger partial charge on any atom is -0.390 e. The maximum atomic E-state index is 12.9. The van der Waals surface area contributed by atoms with Crippen molar-refractivity contribution in [1.82, 2.24) is 19.4 Å². The standard InChI is InChI=1S/C25H27F3N6O5.C3H9NO2S/c1-16-17(2)32(29-23(16)18-6-8-19(9-7-18)25(26,27)28)15-20(35)14-30-10-12-31(13-11-30)24-21(33(36)37)4-3-5-22(24)34(38)39;1-3-4-7(2,5)6/h3-9,20,35H,10-15H2,1-2H3;4H,3H2,1-2H3. The zero-order valence-corrected chi connectivity index (χ0v) is 26.5. The van der Waals surface area contributed by atoms with E-state index in [0.717, 1.165) is 29.6 Å². The highest BCUT2D eigenvalue weighted by Crippen LogP contribution is 2.38. The molecule has 0 spiro atoms. The predicted molar refractivity (Wildman–Crippen MR) is 165 cm³/mol. The molecule has 1 aliphatic rings. The molecule has 1 aliphatic heterocycles. The van der Waals surface area contributed by atoms with Gasteiger partial charge in [-0.2, -0.15) is 18.3 Å². The summed E-state index contributed by atoms with van der Waals surface area (Å²) < 4.78 is 62.8. The lowest BCUT2D eigenvalue weighted by Gasteiger charge is -2.36. The van der Waals surface area contributed by atoms with Crippen LogP contribution in [-0.2, 0) is 22.7 Å². The van der Waals surface area contributed by atoms with Crippen LogP contribution in [0.3, 0.4) is 0 Å². The number of sulfonamides is 1. The maximum absolute atomic E-state index is 12.9. The van der Waals surface area contributed by atoms with Crippen molar-refractivity contribution in [1.29, 1.82) is 0 Å². The first-order valence-corrected chi connectivity index (χ1v) is 16.1. The van der Waals surface area contributed by atoms with Crippen molar-refractivity contribution in [3.05, 3.63) is 79.5 Å². The monoisotopic (exact) mass is 671 g/mol. The Hall–Kier alpha value is -4.13. The number of rotatable bonds is 10. The van der Waals surface area contributed by atoms with Gasteiger partial charge in [0.05, 0.1) is 40.0 Å². The van der Waals surface area contributed by atoms with Gasteiger partial charge in [0.15, 0.2) is 5.69 Å². The Morgan fingerprint density at radius 2 is 1.52 bits per heavy atom. The summed E-state index contributed by atoms with van der Waals surface area (Å²) in [4.78, 5) is 25.3. The van der Waals surface area contributed by atoms with Gasteiger partial charge in [-0.05, 0) is 37.6 Å². The van der Waals surface area contributed by atoms with Crippen LogP contribution < -0.4 is 9.62 Å². The molecule has 0 bridgehead atoms. The van der Waals surface area contributed by atoms with E-state index in [1.807, 2.05) is 18.7 Å². The van der Waals surface area contributed by atoms with Crippen LogP contribution in [0.25, 0.3) is 11.3 Å². The number of aliphatic hydroxyl groups is 1. The highest BCUT2D eigenvalue weighted by atomic mass is 32.2. The normalized spacial score (nSPS) is 14.8. The van der Waals surface area contributed by atoms with Gasteiger partial charge in [0.25, 0.3) is 11.4 Å². The third-order valence-corrected chi connectivity index (χ3v) is 8.14. The molecule has 2 heterocycles. The van der Waals surface area contributed by atoms with Crippen molar-refractivity contribution in [2.45, 2.75) is 39.6 Å². The Morgan fingerprint density at radius 1 is 0.978 bits per heavy atom. The molecule has 0 saturated carbocycles. The van der Waals surface area contributed by atoms with Gasteiger partial charge in [0.2, 0.25) is 10.0 Å². The molecule has 46 heavy (non-hydrogen) atoms. The first-order valence-electron chi connectivity index (χ1n) is 14.2. The molecule has 18 heteroatoms. The number of nitrogens with zero attached hydrogens (tertiary/aromatic N) is 6. The summed E-state index contributed by atoms with van der Waals surface area (Å²) in [5, 5.41) is 38.3. The van der Waals surface area contributed by atoms with Crippen LogP contribution in [0.1, 0.15) is 23.7 Å². The number of piperazine rings is 1. The zero-order chi connectivity index (χ0) is 34.4. The smallest absolute Gasteiger partial charge is 0.390 e. The molecule has 1 aromatic heterocycles. The van der Waals surface area contributed by atoms with E-state index in [2.05, 4.69) is 9.82 Å². The number of benzene rings is 2. The number of alkyl halides is 3. The van der Waals surface area contributed by atoms with Crippen molar-refractivity contribution in [2.75, 3.05) is 50.4 Å². The summed E-state index contributed by atoms with van der Waals surface area (Å²) in [7, 11) is -2.92. The third-order valence-electron chi connectivity index (χ3n) is 7.33. The topological polar surface area (TPSA) is 177 Å². The maximum Gasteiger partial charge on any atom is 0.416 e. The minimum absolute atomic E-state index is 0.0221. The van der Waals surface area contributed by atoms with Crippen LogP contribution in [-0.4, -0.2) is 89.7 Å². The Kier molecular flexibility index (Phi) is 11.8. The van der Waals surface area contributed by atoms with Gasteiger partial charge in [0, 0.05) is 62.7 Å². The van der Waals surface area contributed by atoms with Crippen LogP contribution in [0.5, 0.6) is 0 Å². The molecular formula is C28H36F3N7O7S. The van der Waals surface area contributed by atoms with E-state index in [9.17, 15) is 46.9 Å². The first-order chi connectivity index (χ1) is 21.4. The molecule has 14 nitrogen and oxygen atoms in total. The molecule has 0 radical (unpaired) electrons. The van der Waals surface area contributed by atoms with Crippen molar-refractivity contribution in [3.8, 4) is 11.3 Å². The minimum atomic E-state index is -4.43. The fraction of sp³-hybridized carbons (Fsp3) is 0.464. The van der Waals surface area contributed by atoms with Crippen molar-refractivity contribution in [2.24, 2.45) is 0 Å². The largest absolute Gasteiger partial charge is 0.416 e. The number of anilines is 1. The fourth-order valence-electron chi connectivity index (χ4n) is 5.01. The van der Waals surface area contributed by atoms with E-state index in [-0.39, 0.29) is 30.2 Å². The molecule has 2 aromatic carbocycles. The fourth-order valence-corrected chi connectivity index (χ4v) is 5.54. The SMILES string of the molecule is CCNS(C)(=O)=O.Cc1c(-c2ccc(C(F)(F)F)cc2)nn(CC(O)CN2CCN(c3c([N+](=O)[O-])cccc3[N+](=O)[O-])CC2)c1C. The number of aliphatic hydroxyl groups excluding tert-OH is 1. The van der Waals surface area contributed by atoms with E-state index < -0.39 is 37.7 Å². The van der Waals surface area contributed by atoms with Crippen molar-refractivity contribution >= 4 is 27.1 Å². The number of hydrogen-bond donors (Lipinski definition) is 2. The number of aromatic nitrogens is 2. The van der Waals surface area contributed by atoms with Gasteiger partial charge in [-0.15, -0.1) is 0 Å². The Labute approximate surface area is 263 Å². The second kappa shape index (κ2) is 15.0. The lowest BCUT2D eigenvalue weighted by atomic mass is 10.1. The van der Waals surface area contributed by atoms with Crippen LogP contribution in [0.15, 0.2) is 42.5 Å². The molecule has 1 unspecified atom stereocenters. The number of nitro benzene ring substituents is 2. The van der Waals surface area contributed by atoms with E-state index in [4.69, 9.17) is 0 Å². The van der Waals surface area contributed by atoms with E-state index in [1.54, 1.807) is 16.5 Å². The number of para-hydroxylation sites is 1. The molecule has 252 valence electrons. The summed E-state index contributed by atoms with van der Waals surface area (Å²) >= 11 is 0. The molecule has 0 amide bonds. The molecule has 1 atom stereocenters. The molecule has 1 saturated heterocycles. The van der Waals surface area contributed by atoms with E-state index >= 15 is 0 Å². The van der Waals surface area contributed by atoms with Gasteiger partial charge in [-0.25, -0.2) is 13.1 Å². The number of hydrogen-bond acceptors (Lipinski definition) is 10. The van der Waals surface area contributed by atoms with Crippen molar-refractivity contribution < 1.29 is 36.5 Å². The molecule has 0 aliphatic carbocycles. The lowest BCUT2D eigenvalue weighted by Crippen LogP contribution is -2.49. The third kappa shape index (κ3) is 9.44. The van der Waals surface area contributed by atoms with Gasteiger partial charge in [-0.3, -0.25) is 29.8 Å². The zero-order valence-electron chi connectivity index (χ0n) is 25.7. The molecule has 3 aromatic rings.